The molecule has 4 rings (SSSR count). The molecule has 192 valence electrons. The second-order valence-electron chi connectivity index (χ2n) is 8.47. The number of ether oxygens (including phenoxy) is 2. The van der Waals surface area contributed by atoms with E-state index < -0.39 is 6.04 Å². The van der Waals surface area contributed by atoms with Gasteiger partial charge < -0.3 is 20.5 Å². The Labute approximate surface area is 219 Å². The molecule has 0 fully saturated rings. The fourth-order valence-electron chi connectivity index (χ4n) is 4.05. The van der Waals surface area contributed by atoms with Crippen LogP contribution in [-0.4, -0.2) is 65.9 Å². The van der Waals surface area contributed by atoms with Gasteiger partial charge in [-0.1, -0.05) is 23.7 Å². The fraction of sp³-hybridized carbons (Fsp3) is 0.440. The third kappa shape index (κ3) is 5.84. The summed E-state index contributed by atoms with van der Waals surface area (Å²) in [6, 6.07) is 7.13. The van der Waals surface area contributed by atoms with Crippen molar-refractivity contribution in [2.75, 3.05) is 39.5 Å². The Morgan fingerprint density at radius 2 is 1.83 bits per heavy atom. The minimum atomic E-state index is -0.498. The van der Waals surface area contributed by atoms with Crippen LogP contribution < -0.4 is 11.1 Å². The zero-order chi connectivity index (χ0) is 25.7. The van der Waals surface area contributed by atoms with Crippen molar-refractivity contribution in [3.05, 3.63) is 62.5 Å². The van der Waals surface area contributed by atoms with E-state index in [4.69, 9.17) is 31.8 Å². The van der Waals surface area contributed by atoms with Gasteiger partial charge in [0.25, 0.3) is 0 Å². The Kier molecular flexibility index (Phi) is 8.86. The number of benzene rings is 1. The third-order valence-corrected chi connectivity index (χ3v) is 7.38. The summed E-state index contributed by atoms with van der Waals surface area (Å²) < 4.78 is 12.8. The first-order chi connectivity index (χ1) is 17.4. The van der Waals surface area contributed by atoms with E-state index in [0.717, 1.165) is 33.2 Å². The van der Waals surface area contributed by atoms with Crippen LogP contribution in [0.4, 0.5) is 0 Å². The molecular weight excluding hydrogens is 500 g/mol. The maximum atomic E-state index is 12.9. The van der Waals surface area contributed by atoms with E-state index in [9.17, 15) is 4.79 Å². The number of aliphatic imine (C=N–C) groups is 1. The molecule has 36 heavy (non-hydrogen) atoms. The number of amides is 1. The number of nitrogens with two attached hydrogens (primary N) is 1. The van der Waals surface area contributed by atoms with Crippen molar-refractivity contribution in [1.29, 1.82) is 0 Å². The number of halogens is 1. The Bertz CT molecular complexity index is 1240. The average Bonchev–Trinajstić information content (AvgIpc) is 3.33. The summed E-state index contributed by atoms with van der Waals surface area (Å²) in [5.74, 6) is 1.28. The molecule has 1 aliphatic rings. The number of carbonyl (C=O) groups is 1. The Hall–Kier alpha value is -2.63. The highest BCUT2D eigenvalue weighted by molar-refractivity contribution is 7.15. The molecule has 0 radical (unpaired) electrons. The zero-order valence-electron chi connectivity index (χ0n) is 20.7. The van der Waals surface area contributed by atoms with Gasteiger partial charge in [0, 0.05) is 34.1 Å². The minimum absolute atomic E-state index is 0.132. The standard InChI is InChI=1S/C25H31ClN6O3S/c1-15-16(2)36-25-22(15)23(18-4-6-19(26)7-5-18)29-20(24-31-30-17(3)32(24)25)14-21(33)28-9-11-35-13-12-34-10-8-27/h4-7,20H,8-14,27H2,1-3H3,(H,28,33)/t20-/m1/s1. The summed E-state index contributed by atoms with van der Waals surface area (Å²) in [5.41, 5.74) is 9.34. The highest BCUT2D eigenvalue weighted by Crippen LogP contribution is 2.39. The number of hydrogen-bond acceptors (Lipinski definition) is 8. The lowest BCUT2D eigenvalue weighted by Gasteiger charge is -2.13. The van der Waals surface area contributed by atoms with Crippen molar-refractivity contribution in [3.63, 3.8) is 0 Å². The van der Waals surface area contributed by atoms with Crippen LogP contribution in [0.5, 0.6) is 0 Å². The van der Waals surface area contributed by atoms with Gasteiger partial charge >= 0.3 is 0 Å². The van der Waals surface area contributed by atoms with Crippen LogP contribution in [0.25, 0.3) is 5.00 Å². The number of fused-ring (bicyclic) bond motifs is 3. The van der Waals surface area contributed by atoms with Crippen LogP contribution in [0.15, 0.2) is 29.3 Å². The Balaban J connectivity index is 1.56. The molecule has 0 bridgehead atoms. The predicted octanol–water partition coefficient (Wildman–Crippen LogP) is 3.30. The molecule has 3 aromatic rings. The normalized spacial score (nSPS) is 14.7. The van der Waals surface area contributed by atoms with Gasteiger partial charge in [0.2, 0.25) is 5.91 Å². The quantitative estimate of drug-likeness (QED) is 0.367. The molecule has 2 aromatic heterocycles. The number of hydrogen-bond donors (Lipinski definition) is 2. The first kappa shape index (κ1) is 26.4. The van der Waals surface area contributed by atoms with Gasteiger partial charge in [-0.05, 0) is 38.5 Å². The fourth-order valence-corrected chi connectivity index (χ4v) is 5.39. The lowest BCUT2D eigenvalue weighted by atomic mass is 9.99. The topological polar surface area (TPSA) is 117 Å². The van der Waals surface area contributed by atoms with E-state index >= 15 is 0 Å². The highest BCUT2D eigenvalue weighted by Gasteiger charge is 2.32. The van der Waals surface area contributed by atoms with Crippen molar-refractivity contribution >= 4 is 34.6 Å². The molecule has 0 spiro atoms. The van der Waals surface area contributed by atoms with Crippen molar-refractivity contribution in [1.82, 2.24) is 20.1 Å². The first-order valence-electron chi connectivity index (χ1n) is 11.9. The average molecular weight is 531 g/mol. The van der Waals surface area contributed by atoms with Gasteiger partial charge in [-0.15, -0.1) is 21.5 Å². The SMILES string of the molecule is Cc1sc2c(c1C)C(c1ccc(Cl)cc1)=N[C@H](CC(=O)NCCOCCOCCN)c1nnc(C)n1-2. The summed E-state index contributed by atoms with van der Waals surface area (Å²) in [6.45, 7) is 8.84. The van der Waals surface area contributed by atoms with E-state index in [0.29, 0.717) is 50.4 Å². The van der Waals surface area contributed by atoms with Gasteiger partial charge in [-0.2, -0.15) is 0 Å². The summed E-state index contributed by atoms with van der Waals surface area (Å²) in [5, 5.41) is 13.4. The van der Waals surface area contributed by atoms with Crippen LogP contribution in [0, 0.1) is 20.8 Å². The molecule has 11 heteroatoms. The molecule has 0 aliphatic carbocycles. The van der Waals surface area contributed by atoms with E-state index in [1.165, 1.54) is 4.88 Å². The van der Waals surface area contributed by atoms with Crippen LogP contribution in [0.1, 0.15) is 45.7 Å². The third-order valence-electron chi connectivity index (χ3n) is 5.94. The van der Waals surface area contributed by atoms with Gasteiger partial charge in [0.05, 0.1) is 38.6 Å². The first-order valence-corrected chi connectivity index (χ1v) is 13.1. The molecule has 0 saturated carbocycles. The molecule has 1 amide bonds. The van der Waals surface area contributed by atoms with Crippen molar-refractivity contribution < 1.29 is 14.3 Å². The molecule has 3 N–H and O–H groups in total. The molecule has 0 saturated heterocycles. The predicted molar refractivity (Wildman–Crippen MR) is 142 cm³/mol. The van der Waals surface area contributed by atoms with E-state index in [1.807, 2.05) is 35.8 Å². The number of aromatic nitrogens is 3. The molecule has 0 unspecified atom stereocenters. The smallest absolute Gasteiger partial charge is 0.222 e. The van der Waals surface area contributed by atoms with Crippen molar-refractivity contribution in [3.8, 4) is 5.00 Å². The molecule has 9 nitrogen and oxygen atoms in total. The molecular formula is C25H31ClN6O3S. The summed E-state index contributed by atoms with van der Waals surface area (Å²) in [6.07, 6.45) is 0.141. The van der Waals surface area contributed by atoms with Crippen LogP contribution in [0.2, 0.25) is 5.02 Å². The van der Waals surface area contributed by atoms with Gasteiger partial charge in [-0.3, -0.25) is 14.4 Å². The maximum Gasteiger partial charge on any atom is 0.222 e. The maximum absolute atomic E-state index is 12.9. The number of rotatable bonds is 11. The lowest BCUT2D eigenvalue weighted by molar-refractivity contribution is -0.121. The minimum Gasteiger partial charge on any atom is -0.378 e. The van der Waals surface area contributed by atoms with E-state index in [-0.39, 0.29) is 12.3 Å². The number of nitrogens with one attached hydrogen (secondary N) is 1. The lowest BCUT2D eigenvalue weighted by Crippen LogP contribution is -2.29. The van der Waals surface area contributed by atoms with Crippen molar-refractivity contribution in [2.45, 2.75) is 33.2 Å². The molecule has 1 atom stereocenters. The van der Waals surface area contributed by atoms with Crippen molar-refractivity contribution in [2.24, 2.45) is 10.7 Å². The summed E-state index contributed by atoms with van der Waals surface area (Å²) in [7, 11) is 0. The highest BCUT2D eigenvalue weighted by atomic mass is 35.5. The second kappa shape index (κ2) is 12.1. The molecule has 3 heterocycles. The van der Waals surface area contributed by atoms with Crippen LogP contribution in [-0.2, 0) is 14.3 Å². The van der Waals surface area contributed by atoms with Crippen LogP contribution >= 0.6 is 22.9 Å². The molecule has 1 aromatic carbocycles. The van der Waals surface area contributed by atoms with E-state index in [1.54, 1.807) is 11.3 Å². The number of aryl methyl sites for hydroxylation is 2. The van der Waals surface area contributed by atoms with Gasteiger partial charge in [0.1, 0.15) is 16.9 Å². The number of nitrogens with zero attached hydrogens (tertiary/aromatic N) is 4. The number of carbonyl (C=O) groups excluding carboxylic acids is 1. The monoisotopic (exact) mass is 530 g/mol. The van der Waals surface area contributed by atoms with Crippen LogP contribution in [0.3, 0.4) is 0 Å². The van der Waals surface area contributed by atoms with Gasteiger partial charge in [0.15, 0.2) is 5.82 Å². The second-order valence-corrected chi connectivity index (χ2v) is 10.1. The Morgan fingerprint density at radius 1 is 1.11 bits per heavy atom. The largest absolute Gasteiger partial charge is 0.378 e. The summed E-state index contributed by atoms with van der Waals surface area (Å²) >= 11 is 7.84. The van der Waals surface area contributed by atoms with E-state index in [2.05, 4.69) is 29.4 Å². The number of thiophene rings is 1. The molecule has 1 aliphatic heterocycles. The zero-order valence-corrected chi connectivity index (χ0v) is 22.3. The Morgan fingerprint density at radius 3 is 2.56 bits per heavy atom. The van der Waals surface area contributed by atoms with Gasteiger partial charge in [-0.25, -0.2) is 0 Å². The summed E-state index contributed by atoms with van der Waals surface area (Å²) in [4.78, 5) is 19.2.